The van der Waals surface area contributed by atoms with Gasteiger partial charge >= 0.3 is 0 Å². The minimum Gasteiger partial charge on any atom is -0.308 e. The number of Topliss-reactive ketones (excluding diaryl/α,β-unsaturated/α-hetero) is 1. The van der Waals surface area contributed by atoms with E-state index < -0.39 is 4.92 Å². The minimum absolute atomic E-state index is 0.0851. The van der Waals surface area contributed by atoms with Gasteiger partial charge in [-0.05, 0) is 42.6 Å². The predicted molar refractivity (Wildman–Crippen MR) is 74.3 cm³/mol. The number of rotatable bonds is 6. The first-order valence-electron chi connectivity index (χ1n) is 5.88. The summed E-state index contributed by atoms with van der Waals surface area (Å²) in [5.74, 6) is 0.100. The highest BCUT2D eigenvalue weighted by molar-refractivity contribution is 9.10. The molecule has 1 aromatic rings. The number of pyridine rings is 1. The van der Waals surface area contributed by atoms with Crippen molar-refractivity contribution in [3.8, 4) is 0 Å². The Kier molecular flexibility index (Phi) is 5.41. The number of nitro groups is 1. The maximum absolute atomic E-state index is 11.9. The molecule has 6 nitrogen and oxygen atoms in total. The number of carbonyl (C=O) groups excluding carboxylic acids is 1. The van der Waals surface area contributed by atoms with Crippen LogP contribution in [0.15, 0.2) is 15.5 Å². The molecule has 0 aromatic carbocycles. The van der Waals surface area contributed by atoms with Crippen LogP contribution in [0.4, 0.5) is 5.69 Å². The molecule has 0 amide bonds. The van der Waals surface area contributed by atoms with Crippen LogP contribution in [0.3, 0.4) is 0 Å². The minimum atomic E-state index is -0.508. The summed E-state index contributed by atoms with van der Waals surface area (Å²) in [6, 6.07) is 0. The number of unbranched alkanes of at least 4 members (excludes halogenated alkanes) is 1. The summed E-state index contributed by atoms with van der Waals surface area (Å²) in [5, 5.41) is 10.9. The van der Waals surface area contributed by atoms with E-state index >= 15 is 0 Å². The Morgan fingerprint density at radius 2 is 2.11 bits per heavy atom. The molecule has 0 aliphatic carbocycles. The van der Waals surface area contributed by atoms with E-state index in [2.05, 4.69) is 15.9 Å². The van der Waals surface area contributed by atoms with E-state index in [-0.39, 0.29) is 21.5 Å². The van der Waals surface area contributed by atoms with Gasteiger partial charge in [-0.15, -0.1) is 0 Å². The molecule has 0 saturated carbocycles. The Labute approximate surface area is 118 Å². The molecule has 0 N–H and O–H groups in total. The zero-order chi connectivity index (χ0) is 14.6. The molecule has 0 radical (unpaired) electrons. The van der Waals surface area contributed by atoms with Gasteiger partial charge < -0.3 is 9.36 Å². The lowest BCUT2D eigenvalue weighted by molar-refractivity contribution is -0.386. The Hall–Kier alpha value is -1.50. The van der Waals surface area contributed by atoms with Crippen LogP contribution in [0.25, 0.3) is 0 Å². The summed E-state index contributed by atoms with van der Waals surface area (Å²) in [6.07, 6.45) is 3.02. The van der Waals surface area contributed by atoms with Gasteiger partial charge in [0.05, 0.1) is 15.6 Å². The van der Waals surface area contributed by atoms with Gasteiger partial charge in [0, 0.05) is 18.5 Å². The fraction of sp³-hybridized carbons (Fsp3) is 0.500. The number of aromatic nitrogens is 1. The molecule has 0 spiro atoms. The summed E-state index contributed by atoms with van der Waals surface area (Å²) in [5.41, 5.74) is -0.0426. The van der Waals surface area contributed by atoms with Crippen LogP contribution in [0, 0.1) is 17.0 Å². The molecule has 0 aliphatic rings. The Morgan fingerprint density at radius 1 is 1.47 bits per heavy atom. The molecule has 7 heteroatoms. The summed E-state index contributed by atoms with van der Waals surface area (Å²) in [7, 11) is 0. The number of hydrogen-bond acceptors (Lipinski definition) is 4. The van der Waals surface area contributed by atoms with Crippen molar-refractivity contribution in [3.63, 3.8) is 0 Å². The highest BCUT2D eigenvalue weighted by atomic mass is 79.9. The van der Waals surface area contributed by atoms with Gasteiger partial charge in [-0.2, -0.15) is 0 Å². The number of halogens is 1. The van der Waals surface area contributed by atoms with Crippen LogP contribution in [0.1, 0.15) is 31.7 Å². The standard InChI is InChI=1S/C12H15BrN2O4/c1-8(16)5-3-4-6-14-7-10(15(18)19)9(2)11(13)12(14)17/h7H,3-6H2,1-2H3. The highest BCUT2D eigenvalue weighted by Crippen LogP contribution is 2.22. The second kappa shape index (κ2) is 6.60. The molecule has 0 saturated heterocycles. The van der Waals surface area contributed by atoms with Crippen molar-refractivity contribution < 1.29 is 9.72 Å². The lowest BCUT2D eigenvalue weighted by Crippen LogP contribution is -2.22. The van der Waals surface area contributed by atoms with Gasteiger partial charge in [-0.25, -0.2) is 0 Å². The van der Waals surface area contributed by atoms with Crippen LogP contribution < -0.4 is 5.56 Å². The van der Waals surface area contributed by atoms with Gasteiger partial charge in [0.25, 0.3) is 11.2 Å². The van der Waals surface area contributed by atoms with E-state index in [0.717, 1.165) is 0 Å². The number of aryl methyl sites for hydroxylation is 1. The SMILES string of the molecule is CC(=O)CCCCn1cc([N+](=O)[O-])c(C)c(Br)c1=O. The van der Waals surface area contributed by atoms with E-state index in [1.54, 1.807) is 0 Å². The monoisotopic (exact) mass is 330 g/mol. The number of hydrogen-bond donors (Lipinski definition) is 0. The van der Waals surface area contributed by atoms with Crippen LogP contribution in [0.5, 0.6) is 0 Å². The van der Waals surface area contributed by atoms with Gasteiger partial charge in [0.15, 0.2) is 0 Å². The second-order valence-corrected chi connectivity index (χ2v) is 5.16. The molecule has 0 bridgehead atoms. The third-order valence-electron chi connectivity index (χ3n) is 2.81. The third-order valence-corrected chi connectivity index (χ3v) is 3.75. The highest BCUT2D eigenvalue weighted by Gasteiger charge is 2.18. The van der Waals surface area contributed by atoms with Crippen LogP contribution in [0.2, 0.25) is 0 Å². The molecule has 0 atom stereocenters. The average molecular weight is 331 g/mol. The van der Waals surface area contributed by atoms with E-state index in [4.69, 9.17) is 0 Å². The summed E-state index contributed by atoms with van der Waals surface area (Å²) in [4.78, 5) is 33.1. The van der Waals surface area contributed by atoms with E-state index in [1.807, 2.05) is 0 Å². The maximum Gasteiger partial charge on any atom is 0.289 e. The Balaban J connectivity index is 2.92. The molecule has 0 aliphatic heterocycles. The summed E-state index contributed by atoms with van der Waals surface area (Å²) < 4.78 is 1.53. The quantitative estimate of drug-likeness (QED) is 0.456. The average Bonchev–Trinajstić information content (AvgIpc) is 2.33. The van der Waals surface area contributed by atoms with E-state index in [1.165, 1.54) is 24.6 Å². The smallest absolute Gasteiger partial charge is 0.289 e. The Bertz CT molecular complexity index is 566. The molecule has 0 unspecified atom stereocenters. The fourth-order valence-corrected chi connectivity index (χ4v) is 2.14. The van der Waals surface area contributed by atoms with Gasteiger partial charge in [-0.1, -0.05) is 0 Å². The molecular formula is C12H15BrN2O4. The van der Waals surface area contributed by atoms with Crippen LogP contribution in [-0.2, 0) is 11.3 Å². The number of nitrogens with zero attached hydrogens (tertiary/aromatic N) is 2. The van der Waals surface area contributed by atoms with Crippen LogP contribution in [-0.4, -0.2) is 15.3 Å². The van der Waals surface area contributed by atoms with Crippen molar-refractivity contribution in [2.75, 3.05) is 0 Å². The lowest BCUT2D eigenvalue weighted by Gasteiger charge is -2.08. The van der Waals surface area contributed by atoms with Crippen molar-refractivity contribution in [2.24, 2.45) is 0 Å². The first-order chi connectivity index (χ1) is 8.84. The van der Waals surface area contributed by atoms with Crippen molar-refractivity contribution in [3.05, 3.63) is 36.7 Å². The Morgan fingerprint density at radius 3 is 2.63 bits per heavy atom. The molecule has 1 aromatic heterocycles. The number of ketones is 1. The summed E-state index contributed by atoms with van der Waals surface area (Å²) >= 11 is 3.09. The summed E-state index contributed by atoms with van der Waals surface area (Å²) in [6.45, 7) is 3.41. The molecule has 1 rings (SSSR count). The van der Waals surface area contributed by atoms with Crippen LogP contribution >= 0.6 is 15.9 Å². The first-order valence-corrected chi connectivity index (χ1v) is 6.67. The van der Waals surface area contributed by atoms with Gasteiger partial charge in [-0.3, -0.25) is 14.9 Å². The molecule has 0 fully saturated rings. The number of carbonyl (C=O) groups is 1. The second-order valence-electron chi connectivity index (χ2n) is 4.37. The van der Waals surface area contributed by atoms with Gasteiger partial charge in [0.1, 0.15) is 5.78 Å². The zero-order valence-corrected chi connectivity index (χ0v) is 12.4. The van der Waals surface area contributed by atoms with Crippen molar-refractivity contribution in [1.29, 1.82) is 0 Å². The van der Waals surface area contributed by atoms with E-state index in [9.17, 15) is 19.7 Å². The van der Waals surface area contributed by atoms with Crippen molar-refractivity contribution in [1.82, 2.24) is 4.57 Å². The molecular weight excluding hydrogens is 316 g/mol. The fourth-order valence-electron chi connectivity index (χ4n) is 1.71. The van der Waals surface area contributed by atoms with Crippen molar-refractivity contribution >= 4 is 27.4 Å². The van der Waals surface area contributed by atoms with Gasteiger partial charge in [0.2, 0.25) is 0 Å². The predicted octanol–water partition coefficient (Wildman–Crippen LogP) is 2.59. The maximum atomic E-state index is 11.9. The first kappa shape index (κ1) is 15.6. The zero-order valence-electron chi connectivity index (χ0n) is 10.8. The van der Waals surface area contributed by atoms with E-state index in [0.29, 0.717) is 31.4 Å². The lowest BCUT2D eigenvalue weighted by atomic mass is 10.2. The molecule has 104 valence electrons. The normalized spacial score (nSPS) is 10.5. The molecule has 19 heavy (non-hydrogen) atoms. The third kappa shape index (κ3) is 3.99. The topological polar surface area (TPSA) is 82.2 Å². The van der Waals surface area contributed by atoms with Crippen molar-refractivity contribution in [2.45, 2.75) is 39.7 Å². The largest absolute Gasteiger partial charge is 0.308 e. The molecule has 1 heterocycles.